The van der Waals surface area contributed by atoms with Crippen LogP contribution in [0.25, 0.3) is 27.6 Å². The molecule has 3 aromatic heterocycles. The van der Waals surface area contributed by atoms with Gasteiger partial charge < -0.3 is 10.6 Å². The van der Waals surface area contributed by atoms with E-state index in [1.165, 1.54) is 5.56 Å². The first kappa shape index (κ1) is 16.4. The van der Waals surface area contributed by atoms with Crippen LogP contribution >= 0.6 is 11.3 Å². The Hall–Kier alpha value is -2.77. The molecular formula is C20H20N6S. The molecule has 0 saturated carbocycles. The van der Waals surface area contributed by atoms with Gasteiger partial charge in [-0.15, -0.1) is 11.3 Å². The van der Waals surface area contributed by atoms with Crippen LogP contribution in [0.5, 0.6) is 0 Å². The number of nitrogens with zero attached hydrogens (tertiary/aromatic N) is 4. The highest BCUT2D eigenvalue weighted by Crippen LogP contribution is 2.33. The van der Waals surface area contributed by atoms with Gasteiger partial charge in [0.05, 0.1) is 11.4 Å². The Morgan fingerprint density at radius 1 is 1.26 bits per heavy atom. The van der Waals surface area contributed by atoms with Gasteiger partial charge in [0.1, 0.15) is 5.69 Å². The van der Waals surface area contributed by atoms with Gasteiger partial charge >= 0.3 is 0 Å². The topological polar surface area (TPSA) is 67.1 Å². The van der Waals surface area contributed by atoms with Gasteiger partial charge in [-0.2, -0.15) is 0 Å². The van der Waals surface area contributed by atoms with E-state index in [1.54, 1.807) is 11.3 Å². The van der Waals surface area contributed by atoms with Crippen molar-refractivity contribution in [2.45, 2.75) is 19.4 Å². The normalized spacial score (nSPS) is 16.9. The van der Waals surface area contributed by atoms with Crippen molar-refractivity contribution in [3.05, 3.63) is 53.7 Å². The molecule has 0 bridgehead atoms. The summed E-state index contributed by atoms with van der Waals surface area (Å²) in [5, 5.41) is 8.85. The molecule has 1 saturated heterocycles. The minimum atomic E-state index is 0.378. The summed E-state index contributed by atoms with van der Waals surface area (Å²) in [5.41, 5.74) is 5.16. The van der Waals surface area contributed by atoms with E-state index in [1.807, 2.05) is 12.3 Å². The van der Waals surface area contributed by atoms with Crippen LogP contribution < -0.4 is 10.6 Å². The molecule has 27 heavy (non-hydrogen) atoms. The first-order valence-corrected chi connectivity index (χ1v) is 9.99. The van der Waals surface area contributed by atoms with Crippen molar-refractivity contribution in [2.75, 3.05) is 18.4 Å². The molecule has 0 unspecified atom stereocenters. The number of imidazole rings is 1. The Bertz CT molecular complexity index is 1090. The lowest BCUT2D eigenvalue weighted by atomic mass is 10.1. The number of rotatable bonds is 4. The Labute approximate surface area is 161 Å². The van der Waals surface area contributed by atoms with Gasteiger partial charge in [0.25, 0.3) is 0 Å². The maximum Gasteiger partial charge on any atom is 0.223 e. The molecule has 0 amide bonds. The SMILES string of the molecule is Cc1cccc(-c2nc3sccn3c2-c2ccnc(N[C@@H]3CCNC3)n2)c1. The van der Waals surface area contributed by atoms with Gasteiger partial charge in [0.15, 0.2) is 4.96 Å². The number of anilines is 1. The molecule has 136 valence electrons. The Morgan fingerprint density at radius 2 is 2.22 bits per heavy atom. The first-order valence-electron chi connectivity index (χ1n) is 9.11. The standard InChI is InChI=1S/C20H20N6S/c1-13-3-2-4-14(11-13)17-18(26-9-10-27-20(26)25-17)16-6-8-22-19(24-16)23-15-5-7-21-12-15/h2-4,6,8-11,15,21H,5,7,12H2,1H3,(H,22,23,24)/t15-/m1/s1. The quantitative estimate of drug-likeness (QED) is 0.570. The number of aryl methyl sites for hydroxylation is 1. The Morgan fingerprint density at radius 3 is 3.07 bits per heavy atom. The van der Waals surface area contributed by atoms with Gasteiger partial charge in [-0.3, -0.25) is 4.40 Å². The van der Waals surface area contributed by atoms with Crippen LogP contribution in [0.3, 0.4) is 0 Å². The van der Waals surface area contributed by atoms with Gasteiger partial charge in [-0.1, -0.05) is 23.8 Å². The maximum absolute atomic E-state index is 4.88. The van der Waals surface area contributed by atoms with Crippen LogP contribution in [0.4, 0.5) is 5.95 Å². The van der Waals surface area contributed by atoms with E-state index in [0.29, 0.717) is 12.0 Å². The molecule has 5 rings (SSSR count). The van der Waals surface area contributed by atoms with Gasteiger partial charge in [-0.25, -0.2) is 15.0 Å². The molecule has 0 aliphatic carbocycles. The molecule has 1 atom stereocenters. The second-order valence-electron chi connectivity index (χ2n) is 6.83. The van der Waals surface area contributed by atoms with Crippen LogP contribution in [0.1, 0.15) is 12.0 Å². The fourth-order valence-electron chi connectivity index (χ4n) is 3.54. The van der Waals surface area contributed by atoms with Gasteiger partial charge in [0, 0.05) is 35.9 Å². The maximum atomic E-state index is 4.88. The third kappa shape index (κ3) is 3.09. The largest absolute Gasteiger partial charge is 0.350 e. The molecular weight excluding hydrogens is 356 g/mol. The van der Waals surface area contributed by atoms with E-state index < -0.39 is 0 Å². The van der Waals surface area contributed by atoms with Gasteiger partial charge in [-0.05, 0) is 32.0 Å². The highest BCUT2D eigenvalue weighted by atomic mass is 32.1. The zero-order valence-electron chi connectivity index (χ0n) is 15.0. The van der Waals surface area contributed by atoms with E-state index in [0.717, 1.165) is 47.1 Å². The van der Waals surface area contributed by atoms with Crippen molar-refractivity contribution in [1.29, 1.82) is 0 Å². The smallest absolute Gasteiger partial charge is 0.223 e. The second-order valence-corrected chi connectivity index (χ2v) is 7.71. The predicted octanol–water partition coefficient (Wildman–Crippen LogP) is 3.60. The van der Waals surface area contributed by atoms with Crippen LogP contribution in [0, 0.1) is 6.92 Å². The summed E-state index contributed by atoms with van der Waals surface area (Å²) in [6.07, 6.45) is 4.96. The fourth-order valence-corrected chi connectivity index (χ4v) is 4.26. The lowest BCUT2D eigenvalue weighted by Crippen LogP contribution is -2.23. The Kier molecular flexibility index (Phi) is 4.10. The van der Waals surface area contributed by atoms with Crippen molar-refractivity contribution in [3.63, 3.8) is 0 Å². The molecule has 0 spiro atoms. The molecule has 7 heteroatoms. The summed E-state index contributed by atoms with van der Waals surface area (Å²) in [6.45, 7) is 4.08. The minimum Gasteiger partial charge on any atom is -0.350 e. The predicted molar refractivity (Wildman–Crippen MR) is 109 cm³/mol. The zero-order chi connectivity index (χ0) is 18.2. The van der Waals surface area contributed by atoms with E-state index in [9.17, 15) is 0 Å². The van der Waals surface area contributed by atoms with Crippen molar-refractivity contribution >= 4 is 22.2 Å². The minimum absolute atomic E-state index is 0.378. The summed E-state index contributed by atoms with van der Waals surface area (Å²) in [5.74, 6) is 0.668. The molecule has 1 aliphatic heterocycles. The number of fused-ring (bicyclic) bond motifs is 1. The number of hydrogen-bond donors (Lipinski definition) is 2. The van der Waals surface area contributed by atoms with Crippen LogP contribution in [-0.2, 0) is 0 Å². The highest BCUT2D eigenvalue weighted by Gasteiger charge is 2.20. The number of nitrogens with one attached hydrogen (secondary N) is 2. The number of thiazole rings is 1. The molecule has 4 heterocycles. The van der Waals surface area contributed by atoms with Crippen molar-refractivity contribution in [1.82, 2.24) is 24.7 Å². The summed E-state index contributed by atoms with van der Waals surface area (Å²) >= 11 is 1.63. The summed E-state index contributed by atoms with van der Waals surface area (Å²) in [4.78, 5) is 15.1. The lowest BCUT2D eigenvalue weighted by Gasteiger charge is -2.12. The molecule has 1 fully saturated rings. The molecule has 4 aromatic rings. The summed E-state index contributed by atoms with van der Waals surface area (Å²) < 4.78 is 2.12. The van der Waals surface area contributed by atoms with Crippen molar-refractivity contribution < 1.29 is 0 Å². The summed E-state index contributed by atoms with van der Waals surface area (Å²) in [6, 6.07) is 10.8. The average molecular weight is 376 g/mol. The van der Waals surface area contributed by atoms with E-state index in [-0.39, 0.29) is 0 Å². The highest BCUT2D eigenvalue weighted by molar-refractivity contribution is 7.15. The van der Waals surface area contributed by atoms with E-state index >= 15 is 0 Å². The van der Waals surface area contributed by atoms with Crippen LogP contribution in [0.15, 0.2) is 48.1 Å². The fraction of sp³-hybridized carbons (Fsp3) is 0.250. The van der Waals surface area contributed by atoms with Crippen molar-refractivity contribution in [3.8, 4) is 22.6 Å². The number of hydrogen-bond acceptors (Lipinski definition) is 6. The third-order valence-corrected chi connectivity index (χ3v) is 5.60. The number of aromatic nitrogens is 4. The van der Waals surface area contributed by atoms with Gasteiger partial charge in [0.2, 0.25) is 5.95 Å². The van der Waals surface area contributed by atoms with Crippen molar-refractivity contribution in [2.24, 2.45) is 0 Å². The third-order valence-electron chi connectivity index (χ3n) is 4.85. The Balaban J connectivity index is 1.62. The van der Waals surface area contributed by atoms with E-state index in [4.69, 9.17) is 9.97 Å². The monoisotopic (exact) mass is 376 g/mol. The zero-order valence-corrected chi connectivity index (χ0v) is 15.8. The number of benzene rings is 1. The summed E-state index contributed by atoms with van der Waals surface area (Å²) in [7, 11) is 0. The second kappa shape index (κ2) is 6.75. The van der Waals surface area contributed by atoms with Crippen LogP contribution in [-0.4, -0.2) is 38.5 Å². The van der Waals surface area contributed by atoms with E-state index in [2.05, 4.69) is 62.8 Å². The molecule has 1 aromatic carbocycles. The van der Waals surface area contributed by atoms with Crippen LogP contribution in [0.2, 0.25) is 0 Å². The lowest BCUT2D eigenvalue weighted by molar-refractivity contribution is 0.781. The first-order chi connectivity index (χ1) is 13.3. The molecule has 0 radical (unpaired) electrons. The molecule has 1 aliphatic rings. The molecule has 2 N–H and O–H groups in total. The molecule has 6 nitrogen and oxygen atoms in total. The average Bonchev–Trinajstić information content (AvgIpc) is 3.39.